The largest absolute Gasteiger partial charge is 0.343 e. The van der Waals surface area contributed by atoms with Crippen molar-refractivity contribution in [2.24, 2.45) is 5.92 Å². The molecule has 0 radical (unpaired) electrons. The smallest absolute Gasteiger partial charge is 0.262 e. The predicted molar refractivity (Wildman–Crippen MR) is 110 cm³/mol. The van der Waals surface area contributed by atoms with Gasteiger partial charge in [0.1, 0.15) is 6.04 Å². The Morgan fingerprint density at radius 1 is 1.18 bits per heavy atom. The van der Waals surface area contributed by atoms with Crippen molar-refractivity contribution in [2.45, 2.75) is 64.5 Å². The van der Waals surface area contributed by atoms with Crippen molar-refractivity contribution in [2.75, 3.05) is 19.6 Å². The SMILES string of the molecule is CCC(=O)N1CCC(C(NC(=O)c2cccs2)C(=O)N2CCCCC2C)CC1. The van der Waals surface area contributed by atoms with Gasteiger partial charge in [0.15, 0.2) is 0 Å². The van der Waals surface area contributed by atoms with Gasteiger partial charge in [-0.3, -0.25) is 14.4 Å². The van der Waals surface area contributed by atoms with Crippen LogP contribution >= 0.6 is 11.3 Å². The molecule has 1 aromatic heterocycles. The maximum Gasteiger partial charge on any atom is 0.262 e. The fraction of sp³-hybridized carbons (Fsp3) is 0.667. The molecular weight excluding hydrogens is 374 g/mol. The Bertz CT molecular complexity index is 683. The van der Waals surface area contributed by atoms with Crippen LogP contribution in [0.3, 0.4) is 0 Å². The summed E-state index contributed by atoms with van der Waals surface area (Å²) in [7, 11) is 0. The second-order valence-electron chi connectivity index (χ2n) is 7.88. The zero-order valence-electron chi connectivity index (χ0n) is 16.9. The van der Waals surface area contributed by atoms with E-state index in [0.29, 0.717) is 24.4 Å². The van der Waals surface area contributed by atoms with Gasteiger partial charge in [0.05, 0.1) is 4.88 Å². The van der Waals surface area contributed by atoms with Crippen molar-refractivity contribution in [3.8, 4) is 0 Å². The Morgan fingerprint density at radius 3 is 2.54 bits per heavy atom. The lowest BCUT2D eigenvalue weighted by atomic mass is 9.87. The zero-order chi connectivity index (χ0) is 20.1. The highest BCUT2D eigenvalue weighted by Crippen LogP contribution is 2.26. The molecule has 2 fully saturated rings. The van der Waals surface area contributed by atoms with E-state index in [9.17, 15) is 14.4 Å². The van der Waals surface area contributed by atoms with Crippen LogP contribution in [0, 0.1) is 5.92 Å². The lowest BCUT2D eigenvalue weighted by Gasteiger charge is -2.40. The Morgan fingerprint density at radius 2 is 1.93 bits per heavy atom. The highest BCUT2D eigenvalue weighted by Gasteiger charge is 2.37. The van der Waals surface area contributed by atoms with Crippen LogP contribution in [0.2, 0.25) is 0 Å². The monoisotopic (exact) mass is 405 g/mol. The lowest BCUT2D eigenvalue weighted by Crippen LogP contribution is -2.57. The summed E-state index contributed by atoms with van der Waals surface area (Å²) in [4.78, 5) is 42.6. The summed E-state index contributed by atoms with van der Waals surface area (Å²) >= 11 is 1.38. The molecule has 6 nitrogen and oxygen atoms in total. The number of carbonyl (C=O) groups is 3. The summed E-state index contributed by atoms with van der Waals surface area (Å²) in [6.07, 6.45) is 5.18. The molecule has 2 aliphatic heterocycles. The Kier molecular flexibility index (Phi) is 7.10. The average molecular weight is 406 g/mol. The number of nitrogens with one attached hydrogen (secondary N) is 1. The Balaban J connectivity index is 1.73. The van der Waals surface area contributed by atoms with Crippen LogP contribution in [0.5, 0.6) is 0 Å². The summed E-state index contributed by atoms with van der Waals surface area (Å²) in [5.41, 5.74) is 0. The normalized spacial score (nSPS) is 22.0. The van der Waals surface area contributed by atoms with Crippen LogP contribution in [0.15, 0.2) is 17.5 Å². The molecule has 7 heteroatoms. The molecule has 1 aromatic rings. The minimum atomic E-state index is -0.519. The molecule has 0 spiro atoms. The number of hydrogen-bond acceptors (Lipinski definition) is 4. The van der Waals surface area contributed by atoms with E-state index in [1.807, 2.05) is 28.2 Å². The van der Waals surface area contributed by atoms with E-state index in [-0.39, 0.29) is 29.7 Å². The second-order valence-corrected chi connectivity index (χ2v) is 8.82. The zero-order valence-corrected chi connectivity index (χ0v) is 17.7. The minimum Gasteiger partial charge on any atom is -0.343 e. The van der Waals surface area contributed by atoms with E-state index in [2.05, 4.69) is 12.2 Å². The summed E-state index contributed by atoms with van der Waals surface area (Å²) < 4.78 is 0. The molecule has 154 valence electrons. The maximum absolute atomic E-state index is 13.4. The van der Waals surface area contributed by atoms with Crippen molar-refractivity contribution in [3.05, 3.63) is 22.4 Å². The van der Waals surface area contributed by atoms with E-state index in [0.717, 1.165) is 38.6 Å². The molecule has 3 heterocycles. The first-order valence-electron chi connectivity index (χ1n) is 10.4. The fourth-order valence-corrected chi connectivity index (χ4v) is 4.94. The Labute approximate surface area is 171 Å². The predicted octanol–water partition coefficient (Wildman–Crippen LogP) is 2.90. The van der Waals surface area contributed by atoms with Crippen molar-refractivity contribution < 1.29 is 14.4 Å². The number of amides is 3. The summed E-state index contributed by atoms with van der Waals surface area (Å²) in [6, 6.07) is 3.32. The highest BCUT2D eigenvalue weighted by atomic mass is 32.1. The van der Waals surface area contributed by atoms with E-state index >= 15 is 0 Å². The van der Waals surface area contributed by atoms with E-state index in [1.165, 1.54) is 11.3 Å². The van der Waals surface area contributed by atoms with Crippen LogP contribution in [-0.4, -0.2) is 59.2 Å². The number of piperidine rings is 2. The van der Waals surface area contributed by atoms with Crippen molar-refractivity contribution in [3.63, 3.8) is 0 Å². The quantitative estimate of drug-likeness (QED) is 0.819. The van der Waals surface area contributed by atoms with Crippen LogP contribution in [-0.2, 0) is 9.59 Å². The van der Waals surface area contributed by atoms with Crippen LogP contribution in [0.1, 0.15) is 62.0 Å². The molecule has 2 aliphatic rings. The number of hydrogen-bond donors (Lipinski definition) is 1. The molecule has 1 N–H and O–H groups in total. The van der Waals surface area contributed by atoms with Gasteiger partial charge in [-0.15, -0.1) is 11.3 Å². The third-order valence-corrected chi connectivity index (χ3v) is 6.92. The fourth-order valence-electron chi connectivity index (χ4n) is 4.31. The van der Waals surface area contributed by atoms with Crippen molar-refractivity contribution in [1.29, 1.82) is 0 Å². The van der Waals surface area contributed by atoms with Gasteiger partial charge in [-0.25, -0.2) is 0 Å². The van der Waals surface area contributed by atoms with Gasteiger partial charge in [0, 0.05) is 32.1 Å². The first kappa shape index (κ1) is 20.8. The van der Waals surface area contributed by atoms with E-state index < -0.39 is 6.04 Å². The third kappa shape index (κ3) is 4.74. The van der Waals surface area contributed by atoms with Crippen molar-refractivity contribution >= 4 is 29.1 Å². The molecule has 2 unspecified atom stereocenters. The standard InChI is InChI=1S/C21H31N3O3S/c1-3-18(25)23-12-9-16(10-13-23)19(22-20(26)17-8-6-14-28-17)21(27)24-11-5-4-7-15(24)2/h6,8,14-16,19H,3-5,7,9-13H2,1-2H3,(H,22,26). The van der Waals surface area contributed by atoms with Crippen molar-refractivity contribution in [1.82, 2.24) is 15.1 Å². The first-order chi connectivity index (χ1) is 13.5. The molecular formula is C21H31N3O3S. The molecule has 3 amide bonds. The topological polar surface area (TPSA) is 69.7 Å². The summed E-state index contributed by atoms with van der Waals surface area (Å²) in [6.45, 7) is 6.05. The molecule has 0 bridgehead atoms. The highest BCUT2D eigenvalue weighted by molar-refractivity contribution is 7.12. The average Bonchev–Trinajstić information content (AvgIpc) is 3.26. The molecule has 2 atom stereocenters. The molecule has 0 aliphatic carbocycles. The molecule has 2 saturated heterocycles. The molecule has 3 rings (SSSR count). The summed E-state index contributed by atoms with van der Waals surface area (Å²) in [5.74, 6) is 0.0856. The van der Waals surface area contributed by atoms with E-state index in [4.69, 9.17) is 0 Å². The van der Waals surface area contributed by atoms with Gasteiger partial charge >= 0.3 is 0 Å². The van der Waals surface area contributed by atoms with Gasteiger partial charge in [-0.1, -0.05) is 13.0 Å². The van der Waals surface area contributed by atoms with Gasteiger partial charge in [-0.2, -0.15) is 0 Å². The van der Waals surface area contributed by atoms with Gasteiger partial charge in [-0.05, 0) is 56.4 Å². The second kappa shape index (κ2) is 9.54. The summed E-state index contributed by atoms with van der Waals surface area (Å²) in [5, 5.41) is 4.91. The van der Waals surface area contributed by atoms with Crippen LogP contribution in [0.25, 0.3) is 0 Å². The van der Waals surface area contributed by atoms with Gasteiger partial charge < -0.3 is 15.1 Å². The molecule has 0 aromatic carbocycles. The number of likely N-dealkylation sites (tertiary alicyclic amines) is 2. The number of thiophene rings is 1. The third-order valence-electron chi connectivity index (χ3n) is 6.05. The lowest BCUT2D eigenvalue weighted by molar-refractivity contribution is -0.139. The van der Waals surface area contributed by atoms with E-state index in [1.54, 1.807) is 6.07 Å². The van der Waals surface area contributed by atoms with Gasteiger partial charge in [0.25, 0.3) is 5.91 Å². The number of carbonyl (C=O) groups excluding carboxylic acids is 3. The molecule has 0 saturated carbocycles. The minimum absolute atomic E-state index is 0.0392. The van der Waals surface area contributed by atoms with Crippen LogP contribution < -0.4 is 5.32 Å². The van der Waals surface area contributed by atoms with Gasteiger partial charge in [0.2, 0.25) is 11.8 Å². The Hall–Kier alpha value is -1.89. The number of rotatable bonds is 5. The first-order valence-corrected chi connectivity index (χ1v) is 11.3. The van der Waals surface area contributed by atoms with Crippen LogP contribution in [0.4, 0.5) is 0 Å². The maximum atomic E-state index is 13.4. The number of nitrogens with zero attached hydrogens (tertiary/aromatic N) is 2. The molecule has 28 heavy (non-hydrogen) atoms.